The van der Waals surface area contributed by atoms with Gasteiger partial charge in [-0.1, -0.05) is 22.0 Å². The average Bonchev–Trinajstić information content (AvgIpc) is 2.17. The summed E-state index contributed by atoms with van der Waals surface area (Å²) in [5, 5.41) is 9.12. The van der Waals surface area contributed by atoms with Gasteiger partial charge in [0.15, 0.2) is 0 Å². The Bertz CT molecular complexity index is 326. The standard InChI is InChI=1S/C10H14BrNO2/c1-10(12,6-13)8-4-3-7(14-2)5-9(8)11/h3-5,13H,6,12H2,1-2H3. The lowest BCUT2D eigenvalue weighted by Gasteiger charge is -2.23. The number of ether oxygens (including phenoxy) is 1. The van der Waals surface area contributed by atoms with Crippen LogP contribution >= 0.6 is 15.9 Å². The predicted octanol–water partition coefficient (Wildman–Crippen LogP) is 1.62. The zero-order chi connectivity index (χ0) is 10.8. The van der Waals surface area contributed by atoms with Gasteiger partial charge < -0.3 is 15.6 Å². The Hall–Kier alpha value is -0.580. The average molecular weight is 260 g/mol. The van der Waals surface area contributed by atoms with Crippen molar-refractivity contribution >= 4 is 15.9 Å². The fraction of sp³-hybridized carbons (Fsp3) is 0.400. The second kappa shape index (κ2) is 4.29. The third-order valence-corrected chi connectivity index (χ3v) is 2.78. The third-order valence-electron chi connectivity index (χ3n) is 2.12. The number of aliphatic hydroxyl groups excluding tert-OH is 1. The molecule has 0 aliphatic rings. The van der Waals surface area contributed by atoms with Gasteiger partial charge in [-0.25, -0.2) is 0 Å². The van der Waals surface area contributed by atoms with Crippen LogP contribution in [0.2, 0.25) is 0 Å². The maximum absolute atomic E-state index is 9.12. The van der Waals surface area contributed by atoms with Crippen molar-refractivity contribution in [2.75, 3.05) is 13.7 Å². The van der Waals surface area contributed by atoms with E-state index in [2.05, 4.69) is 15.9 Å². The van der Waals surface area contributed by atoms with Crippen LogP contribution in [0, 0.1) is 0 Å². The van der Waals surface area contributed by atoms with Gasteiger partial charge in [-0.15, -0.1) is 0 Å². The van der Waals surface area contributed by atoms with Gasteiger partial charge in [0, 0.05) is 4.47 Å². The number of hydrogen-bond donors (Lipinski definition) is 2. The van der Waals surface area contributed by atoms with Gasteiger partial charge in [-0.05, 0) is 24.6 Å². The third kappa shape index (κ3) is 2.26. The zero-order valence-corrected chi connectivity index (χ0v) is 9.84. The monoisotopic (exact) mass is 259 g/mol. The second-order valence-corrected chi connectivity index (χ2v) is 4.28. The van der Waals surface area contributed by atoms with Crippen LogP contribution in [0.15, 0.2) is 22.7 Å². The van der Waals surface area contributed by atoms with Crippen molar-refractivity contribution in [3.8, 4) is 5.75 Å². The minimum Gasteiger partial charge on any atom is -0.497 e. The molecule has 0 amide bonds. The van der Waals surface area contributed by atoms with Crippen LogP contribution in [-0.2, 0) is 5.54 Å². The van der Waals surface area contributed by atoms with E-state index >= 15 is 0 Å². The number of rotatable bonds is 3. The SMILES string of the molecule is COc1ccc(C(C)(N)CO)c(Br)c1. The van der Waals surface area contributed by atoms with E-state index < -0.39 is 5.54 Å². The smallest absolute Gasteiger partial charge is 0.120 e. The molecule has 0 aliphatic carbocycles. The molecule has 1 aromatic rings. The summed E-state index contributed by atoms with van der Waals surface area (Å²) >= 11 is 3.39. The van der Waals surface area contributed by atoms with Crippen LogP contribution in [0.4, 0.5) is 0 Å². The Kier molecular flexibility index (Phi) is 3.53. The Morgan fingerprint density at radius 2 is 2.21 bits per heavy atom. The molecule has 3 nitrogen and oxygen atoms in total. The molecular weight excluding hydrogens is 246 g/mol. The van der Waals surface area contributed by atoms with Crippen LogP contribution in [0.1, 0.15) is 12.5 Å². The number of benzene rings is 1. The van der Waals surface area contributed by atoms with E-state index in [1.165, 1.54) is 0 Å². The predicted molar refractivity (Wildman–Crippen MR) is 59.3 cm³/mol. The topological polar surface area (TPSA) is 55.5 Å². The number of hydrogen-bond acceptors (Lipinski definition) is 3. The summed E-state index contributed by atoms with van der Waals surface area (Å²) in [4.78, 5) is 0. The highest BCUT2D eigenvalue weighted by Gasteiger charge is 2.22. The van der Waals surface area contributed by atoms with Crippen LogP contribution in [0.5, 0.6) is 5.75 Å². The summed E-state index contributed by atoms with van der Waals surface area (Å²) in [6.45, 7) is 1.68. The summed E-state index contributed by atoms with van der Waals surface area (Å²) < 4.78 is 5.91. The summed E-state index contributed by atoms with van der Waals surface area (Å²) in [6.07, 6.45) is 0. The van der Waals surface area contributed by atoms with Crippen molar-refractivity contribution in [1.29, 1.82) is 0 Å². The summed E-state index contributed by atoms with van der Waals surface area (Å²) in [7, 11) is 1.61. The molecule has 0 bridgehead atoms. The number of halogens is 1. The molecule has 78 valence electrons. The molecule has 0 fully saturated rings. The number of aliphatic hydroxyl groups is 1. The maximum atomic E-state index is 9.12. The van der Waals surface area contributed by atoms with Crippen molar-refractivity contribution in [3.05, 3.63) is 28.2 Å². The van der Waals surface area contributed by atoms with E-state index in [1.807, 2.05) is 18.2 Å². The first-order valence-electron chi connectivity index (χ1n) is 4.25. The first-order chi connectivity index (χ1) is 6.51. The fourth-order valence-corrected chi connectivity index (χ4v) is 1.98. The molecule has 0 spiro atoms. The highest BCUT2D eigenvalue weighted by molar-refractivity contribution is 9.10. The minimum absolute atomic E-state index is 0.0993. The van der Waals surface area contributed by atoms with E-state index in [0.29, 0.717) is 0 Å². The van der Waals surface area contributed by atoms with Crippen LogP contribution in [0.3, 0.4) is 0 Å². The van der Waals surface area contributed by atoms with E-state index in [1.54, 1.807) is 14.0 Å². The van der Waals surface area contributed by atoms with Gasteiger partial charge >= 0.3 is 0 Å². The summed E-state index contributed by atoms with van der Waals surface area (Å²) in [5.41, 5.74) is 6.04. The Morgan fingerprint density at radius 3 is 2.64 bits per heavy atom. The first kappa shape index (κ1) is 11.5. The summed E-state index contributed by atoms with van der Waals surface area (Å²) in [6, 6.07) is 5.50. The van der Waals surface area contributed by atoms with Crippen LogP contribution < -0.4 is 10.5 Å². The molecular formula is C10H14BrNO2. The molecule has 1 unspecified atom stereocenters. The van der Waals surface area contributed by atoms with E-state index in [9.17, 15) is 0 Å². The largest absolute Gasteiger partial charge is 0.497 e. The van der Waals surface area contributed by atoms with Gasteiger partial charge in [0.05, 0.1) is 19.3 Å². The lowest BCUT2D eigenvalue weighted by molar-refractivity contribution is 0.209. The zero-order valence-electron chi connectivity index (χ0n) is 8.25. The maximum Gasteiger partial charge on any atom is 0.120 e. The number of methoxy groups -OCH3 is 1. The highest BCUT2D eigenvalue weighted by atomic mass is 79.9. The normalized spacial score (nSPS) is 14.9. The Labute approximate surface area is 92.0 Å². The first-order valence-corrected chi connectivity index (χ1v) is 5.04. The molecule has 3 N–H and O–H groups in total. The molecule has 1 aromatic carbocycles. The molecule has 0 radical (unpaired) electrons. The van der Waals surface area contributed by atoms with Crippen LogP contribution in [-0.4, -0.2) is 18.8 Å². The van der Waals surface area contributed by atoms with Gasteiger partial charge in [0.1, 0.15) is 5.75 Å². The molecule has 0 heterocycles. The lowest BCUT2D eigenvalue weighted by Crippen LogP contribution is -2.37. The fourth-order valence-electron chi connectivity index (χ4n) is 1.17. The van der Waals surface area contributed by atoms with Gasteiger partial charge in [-0.3, -0.25) is 0 Å². The van der Waals surface area contributed by atoms with Crippen molar-refractivity contribution in [2.45, 2.75) is 12.5 Å². The highest BCUT2D eigenvalue weighted by Crippen LogP contribution is 2.29. The van der Waals surface area contributed by atoms with Crippen molar-refractivity contribution in [1.82, 2.24) is 0 Å². The molecule has 0 aliphatic heterocycles. The van der Waals surface area contributed by atoms with E-state index in [4.69, 9.17) is 15.6 Å². The molecule has 0 aromatic heterocycles. The van der Waals surface area contributed by atoms with Crippen LogP contribution in [0.25, 0.3) is 0 Å². The molecule has 0 saturated carbocycles. The molecule has 0 saturated heterocycles. The minimum atomic E-state index is -0.731. The van der Waals surface area contributed by atoms with E-state index in [0.717, 1.165) is 15.8 Å². The Morgan fingerprint density at radius 1 is 1.57 bits per heavy atom. The molecule has 14 heavy (non-hydrogen) atoms. The van der Waals surface area contributed by atoms with Gasteiger partial charge in [0.25, 0.3) is 0 Å². The van der Waals surface area contributed by atoms with E-state index in [-0.39, 0.29) is 6.61 Å². The van der Waals surface area contributed by atoms with Gasteiger partial charge in [-0.2, -0.15) is 0 Å². The van der Waals surface area contributed by atoms with Crippen molar-refractivity contribution in [2.24, 2.45) is 5.73 Å². The number of nitrogens with two attached hydrogens (primary N) is 1. The summed E-state index contributed by atoms with van der Waals surface area (Å²) in [5.74, 6) is 0.759. The lowest BCUT2D eigenvalue weighted by atomic mass is 9.94. The quantitative estimate of drug-likeness (QED) is 0.868. The molecule has 4 heteroatoms. The second-order valence-electron chi connectivity index (χ2n) is 3.42. The van der Waals surface area contributed by atoms with Gasteiger partial charge in [0.2, 0.25) is 0 Å². The van der Waals surface area contributed by atoms with Crippen molar-refractivity contribution in [3.63, 3.8) is 0 Å². The van der Waals surface area contributed by atoms with Crippen molar-refractivity contribution < 1.29 is 9.84 Å². The molecule has 1 atom stereocenters. The molecule has 1 rings (SSSR count). The Balaban J connectivity index is 3.12.